The lowest BCUT2D eigenvalue weighted by atomic mass is 10.2. The maximum absolute atomic E-state index is 12.4. The minimum absolute atomic E-state index is 0.0531. The molecule has 1 N–H and O–H groups in total. The standard InChI is InChI=1S/C18H21N5OS/c1-14(18(24)21-13-16-5-3-11-25-16)22-7-9-23(10-8-22)17-15(12-19)4-2-6-20-17/h2-6,11,14H,7-10,13H2,1H3,(H,21,24). The Morgan fingerprint density at radius 1 is 1.36 bits per heavy atom. The van der Waals surface area contributed by atoms with Gasteiger partial charge in [0.05, 0.1) is 18.2 Å². The Morgan fingerprint density at radius 3 is 2.84 bits per heavy atom. The van der Waals surface area contributed by atoms with Crippen molar-refractivity contribution in [3.05, 3.63) is 46.3 Å². The molecule has 1 atom stereocenters. The van der Waals surface area contributed by atoms with E-state index in [2.05, 4.69) is 26.2 Å². The molecule has 0 aromatic carbocycles. The Kier molecular flexibility index (Phi) is 5.64. The van der Waals surface area contributed by atoms with Crippen LogP contribution in [0.25, 0.3) is 0 Å². The molecule has 2 aromatic rings. The van der Waals surface area contributed by atoms with Crippen molar-refractivity contribution >= 4 is 23.1 Å². The molecular formula is C18H21N5OS. The molecule has 1 amide bonds. The van der Waals surface area contributed by atoms with Crippen molar-refractivity contribution in [1.29, 1.82) is 5.26 Å². The van der Waals surface area contributed by atoms with E-state index in [0.717, 1.165) is 36.9 Å². The molecule has 1 aliphatic heterocycles. The minimum Gasteiger partial charge on any atom is -0.353 e. The van der Waals surface area contributed by atoms with Gasteiger partial charge < -0.3 is 10.2 Å². The van der Waals surface area contributed by atoms with Crippen LogP contribution in [0.4, 0.5) is 5.82 Å². The molecule has 1 unspecified atom stereocenters. The summed E-state index contributed by atoms with van der Waals surface area (Å²) in [6.45, 7) is 5.59. The van der Waals surface area contributed by atoms with Crippen molar-refractivity contribution in [2.45, 2.75) is 19.5 Å². The summed E-state index contributed by atoms with van der Waals surface area (Å²) >= 11 is 1.65. The Bertz CT molecular complexity index is 747. The average molecular weight is 355 g/mol. The Labute approximate surface area is 151 Å². The third-order valence-electron chi connectivity index (χ3n) is 4.47. The number of thiophene rings is 1. The SMILES string of the molecule is CC(C(=O)NCc1cccs1)N1CCN(c2ncccc2C#N)CC1. The number of nitrogens with zero attached hydrogens (tertiary/aromatic N) is 4. The highest BCUT2D eigenvalue weighted by molar-refractivity contribution is 7.09. The van der Waals surface area contributed by atoms with Gasteiger partial charge >= 0.3 is 0 Å². The van der Waals surface area contributed by atoms with Crippen LogP contribution in [0, 0.1) is 11.3 Å². The summed E-state index contributed by atoms with van der Waals surface area (Å²) in [5, 5.41) is 14.2. The predicted octanol–water partition coefficient (Wildman–Crippen LogP) is 1.84. The lowest BCUT2D eigenvalue weighted by molar-refractivity contribution is -0.126. The van der Waals surface area contributed by atoms with Gasteiger partial charge in [-0.25, -0.2) is 4.98 Å². The van der Waals surface area contributed by atoms with Gasteiger partial charge in [0, 0.05) is 37.3 Å². The third kappa shape index (κ3) is 4.16. The highest BCUT2D eigenvalue weighted by atomic mass is 32.1. The predicted molar refractivity (Wildman–Crippen MR) is 98.4 cm³/mol. The fourth-order valence-electron chi connectivity index (χ4n) is 2.96. The molecule has 3 heterocycles. The van der Waals surface area contributed by atoms with Crippen LogP contribution in [0.15, 0.2) is 35.8 Å². The summed E-state index contributed by atoms with van der Waals surface area (Å²) in [4.78, 5) is 22.2. The highest BCUT2D eigenvalue weighted by Gasteiger charge is 2.26. The molecule has 25 heavy (non-hydrogen) atoms. The number of nitriles is 1. The van der Waals surface area contributed by atoms with Crippen molar-refractivity contribution in [1.82, 2.24) is 15.2 Å². The van der Waals surface area contributed by atoms with Gasteiger partial charge in [-0.3, -0.25) is 9.69 Å². The van der Waals surface area contributed by atoms with Crippen LogP contribution < -0.4 is 10.2 Å². The van der Waals surface area contributed by atoms with Gasteiger partial charge in [-0.05, 0) is 30.5 Å². The number of carbonyl (C=O) groups excluding carboxylic acids is 1. The van der Waals surface area contributed by atoms with E-state index in [0.29, 0.717) is 12.1 Å². The zero-order valence-corrected chi connectivity index (χ0v) is 15.0. The molecular weight excluding hydrogens is 334 g/mol. The Morgan fingerprint density at radius 2 is 2.16 bits per heavy atom. The largest absolute Gasteiger partial charge is 0.353 e. The molecule has 6 nitrogen and oxygen atoms in total. The molecule has 0 aliphatic carbocycles. The summed E-state index contributed by atoms with van der Waals surface area (Å²) < 4.78 is 0. The second-order valence-corrected chi connectivity index (χ2v) is 7.01. The maximum atomic E-state index is 12.4. The first-order valence-corrected chi connectivity index (χ1v) is 9.21. The molecule has 1 fully saturated rings. The van der Waals surface area contributed by atoms with E-state index < -0.39 is 0 Å². The van der Waals surface area contributed by atoms with E-state index in [9.17, 15) is 10.1 Å². The Balaban J connectivity index is 1.53. The average Bonchev–Trinajstić information content (AvgIpc) is 3.19. The van der Waals surface area contributed by atoms with E-state index in [1.807, 2.05) is 24.4 Å². The summed E-state index contributed by atoms with van der Waals surface area (Å²) in [7, 11) is 0. The van der Waals surface area contributed by atoms with E-state index in [1.54, 1.807) is 29.7 Å². The molecule has 130 valence electrons. The van der Waals surface area contributed by atoms with Gasteiger partial charge in [-0.15, -0.1) is 11.3 Å². The van der Waals surface area contributed by atoms with Crippen molar-refractivity contribution in [2.75, 3.05) is 31.1 Å². The number of amides is 1. The van der Waals surface area contributed by atoms with Crippen molar-refractivity contribution in [3.63, 3.8) is 0 Å². The number of rotatable bonds is 5. The van der Waals surface area contributed by atoms with Crippen LogP contribution in [0.1, 0.15) is 17.4 Å². The van der Waals surface area contributed by atoms with Crippen LogP contribution in [0.2, 0.25) is 0 Å². The molecule has 2 aromatic heterocycles. The van der Waals surface area contributed by atoms with E-state index in [4.69, 9.17) is 0 Å². The van der Waals surface area contributed by atoms with Gasteiger partial charge in [-0.1, -0.05) is 6.07 Å². The van der Waals surface area contributed by atoms with E-state index in [-0.39, 0.29) is 11.9 Å². The van der Waals surface area contributed by atoms with Crippen LogP contribution in [0.5, 0.6) is 0 Å². The topological polar surface area (TPSA) is 72.3 Å². The summed E-state index contributed by atoms with van der Waals surface area (Å²) in [6, 6.07) is 9.60. The Hall–Kier alpha value is -2.43. The first kappa shape index (κ1) is 17.4. The van der Waals surface area contributed by atoms with Crippen LogP contribution in [-0.2, 0) is 11.3 Å². The number of piperazine rings is 1. The highest BCUT2D eigenvalue weighted by Crippen LogP contribution is 2.19. The first-order valence-electron chi connectivity index (χ1n) is 8.33. The maximum Gasteiger partial charge on any atom is 0.237 e. The smallest absolute Gasteiger partial charge is 0.237 e. The quantitative estimate of drug-likeness (QED) is 0.886. The van der Waals surface area contributed by atoms with Gasteiger partial charge in [0.1, 0.15) is 11.9 Å². The fourth-order valence-corrected chi connectivity index (χ4v) is 3.60. The van der Waals surface area contributed by atoms with Crippen molar-refractivity contribution in [2.24, 2.45) is 0 Å². The summed E-state index contributed by atoms with van der Waals surface area (Å²) in [5.74, 6) is 0.789. The number of carbonyl (C=O) groups is 1. The molecule has 0 spiro atoms. The van der Waals surface area contributed by atoms with Crippen LogP contribution >= 0.6 is 11.3 Å². The van der Waals surface area contributed by atoms with Gasteiger partial charge in [0.15, 0.2) is 0 Å². The zero-order chi connectivity index (χ0) is 17.6. The van der Waals surface area contributed by atoms with Gasteiger partial charge in [0.25, 0.3) is 0 Å². The van der Waals surface area contributed by atoms with E-state index >= 15 is 0 Å². The molecule has 7 heteroatoms. The zero-order valence-electron chi connectivity index (χ0n) is 14.2. The minimum atomic E-state index is -0.165. The van der Waals surface area contributed by atoms with Crippen LogP contribution in [-0.4, -0.2) is 48.0 Å². The number of hydrogen-bond acceptors (Lipinski definition) is 6. The number of hydrogen-bond donors (Lipinski definition) is 1. The number of pyridine rings is 1. The molecule has 1 aliphatic rings. The summed E-state index contributed by atoms with van der Waals surface area (Å²) in [6.07, 6.45) is 1.71. The number of aromatic nitrogens is 1. The number of nitrogens with one attached hydrogen (secondary N) is 1. The lowest BCUT2D eigenvalue weighted by Gasteiger charge is -2.38. The molecule has 3 rings (SSSR count). The second kappa shape index (κ2) is 8.10. The summed E-state index contributed by atoms with van der Waals surface area (Å²) in [5.41, 5.74) is 0.595. The van der Waals surface area contributed by atoms with Gasteiger partial charge in [-0.2, -0.15) is 5.26 Å². The first-order chi connectivity index (χ1) is 12.2. The van der Waals surface area contributed by atoms with E-state index in [1.165, 1.54) is 0 Å². The lowest BCUT2D eigenvalue weighted by Crippen LogP contribution is -2.54. The molecule has 0 bridgehead atoms. The van der Waals surface area contributed by atoms with Crippen molar-refractivity contribution in [3.8, 4) is 6.07 Å². The van der Waals surface area contributed by atoms with Crippen molar-refractivity contribution < 1.29 is 4.79 Å². The normalized spacial score (nSPS) is 16.2. The fraction of sp³-hybridized carbons (Fsp3) is 0.389. The monoisotopic (exact) mass is 355 g/mol. The number of anilines is 1. The second-order valence-electron chi connectivity index (χ2n) is 5.98. The van der Waals surface area contributed by atoms with Gasteiger partial charge in [0.2, 0.25) is 5.91 Å². The van der Waals surface area contributed by atoms with Crippen LogP contribution in [0.3, 0.4) is 0 Å². The molecule has 1 saturated heterocycles. The molecule has 0 radical (unpaired) electrons. The molecule has 0 saturated carbocycles. The third-order valence-corrected chi connectivity index (χ3v) is 5.34.